The summed E-state index contributed by atoms with van der Waals surface area (Å²) >= 11 is 3.35. The summed E-state index contributed by atoms with van der Waals surface area (Å²) in [6, 6.07) is 8.89. The average molecular weight is 360 g/mol. The SMILES string of the molecule is Cc1cc(C#N)cnc1NC(c1cc(F)cc(Br)c1)C1CC1. The second-order valence-electron chi connectivity index (χ2n) is 5.66. The van der Waals surface area contributed by atoms with Crippen LogP contribution in [0.4, 0.5) is 10.2 Å². The van der Waals surface area contributed by atoms with Gasteiger partial charge < -0.3 is 5.32 Å². The fraction of sp³-hybridized carbons (Fsp3) is 0.294. The molecule has 3 rings (SSSR count). The number of nitrogens with one attached hydrogen (secondary N) is 1. The molecule has 5 heteroatoms. The van der Waals surface area contributed by atoms with Gasteiger partial charge in [0, 0.05) is 10.7 Å². The van der Waals surface area contributed by atoms with Crippen LogP contribution in [-0.4, -0.2) is 4.98 Å². The van der Waals surface area contributed by atoms with Crippen molar-refractivity contribution >= 4 is 21.7 Å². The van der Waals surface area contributed by atoms with E-state index in [-0.39, 0.29) is 11.9 Å². The van der Waals surface area contributed by atoms with E-state index in [4.69, 9.17) is 5.26 Å². The molecule has 0 radical (unpaired) electrons. The number of nitrogens with zero attached hydrogens (tertiary/aromatic N) is 2. The Labute approximate surface area is 137 Å². The van der Waals surface area contributed by atoms with E-state index in [2.05, 4.69) is 32.3 Å². The van der Waals surface area contributed by atoms with E-state index in [9.17, 15) is 4.39 Å². The third-order valence-electron chi connectivity index (χ3n) is 3.84. The van der Waals surface area contributed by atoms with Gasteiger partial charge in [0.15, 0.2) is 0 Å². The number of rotatable bonds is 4. The average Bonchev–Trinajstić information content (AvgIpc) is 3.29. The molecule has 22 heavy (non-hydrogen) atoms. The number of pyridine rings is 1. The third-order valence-corrected chi connectivity index (χ3v) is 4.29. The van der Waals surface area contributed by atoms with Crippen LogP contribution in [0.15, 0.2) is 34.9 Å². The number of benzene rings is 1. The van der Waals surface area contributed by atoms with Gasteiger partial charge in [0.05, 0.1) is 11.6 Å². The smallest absolute Gasteiger partial charge is 0.129 e. The van der Waals surface area contributed by atoms with E-state index in [0.717, 1.165) is 34.3 Å². The van der Waals surface area contributed by atoms with Crippen molar-refractivity contribution in [1.82, 2.24) is 4.98 Å². The zero-order valence-electron chi connectivity index (χ0n) is 12.1. The number of nitriles is 1. The first-order valence-corrected chi connectivity index (χ1v) is 7.95. The maximum Gasteiger partial charge on any atom is 0.129 e. The maximum atomic E-state index is 13.7. The van der Waals surface area contributed by atoms with Crippen molar-refractivity contribution in [3.8, 4) is 6.07 Å². The second-order valence-corrected chi connectivity index (χ2v) is 6.58. The first-order valence-electron chi connectivity index (χ1n) is 7.16. The summed E-state index contributed by atoms with van der Waals surface area (Å²) < 4.78 is 14.4. The lowest BCUT2D eigenvalue weighted by Gasteiger charge is -2.21. The molecule has 0 bridgehead atoms. The summed E-state index contributed by atoms with van der Waals surface area (Å²) in [6.45, 7) is 1.92. The summed E-state index contributed by atoms with van der Waals surface area (Å²) in [5.74, 6) is 0.989. The Kier molecular flexibility index (Phi) is 4.12. The van der Waals surface area contributed by atoms with Gasteiger partial charge in [0.2, 0.25) is 0 Å². The zero-order chi connectivity index (χ0) is 15.7. The molecule has 2 aromatic rings. The summed E-state index contributed by atoms with van der Waals surface area (Å²) in [5, 5.41) is 12.3. The molecular formula is C17H15BrFN3. The van der Waals surface area contributed by atoms with Gasteiger partial charge in [-0.25, -0.2) is 9.37 Å². The van der Waals surface area contributed by atoms with Crippen molar-refractivity contribution in [3.63, 3.8) is 0 Å². The Morgan fingerprint density at radius 2 is 2.14 bits per heavy atom. The zero-order valence-corrected chi connectivity index (χ0v) is 13.7. The van der Waals surface area contributed by atoms with Gasteiger partial charge in [-0.05, 0) is 61.1 Å². The van der Waals surface area contributed by atoms with E-state index in [1.54, 1.807) is 18.3 Å². The van der Waals surface area contributed by atoms with E-state index in [1.807, 2.05) is 13.0 Å². The van der Waals surface area contributed by atoms with Crippen LogP contribution in [0.2, 0.25) is 0 Å². The summed E-state index contributed by atoms with van der Waals surface area (Å²) in [6.07, 6.45) is 3.81. The number of hydrogen-bond acceptors (Lipinski definition) is 3. The lowest BCUT2D eigenvalue weighted by molar-refractivity contribution is 0.613. The molecular weight excluding hydrogens is 345 g/mol. The molecule has 1 aliphatic rings. The first kappa shape index (κ1) is 15.0. The van der Waals surface area contributed by atoms with Gasteiger partial charge in [-0.15, -0.1) is 0 Å². The molecule has 1 atom stereocenters. The lowest BCUT2D eigenvalue weighted by atomic mass is 10.0. The van der Waals surface area contributed by atoms with E-state index < -0.39 is 0 Å². The number of aryl methyl sites for hydroxylation is 1. The van der Waals surface area contributed by atoms with Crippen molar-refractivity contribution in [2.24, 2.45) is 5.92 Å². The van der Waals surface area contributed by atoms with Gasteiger partial charge in [0.1, 0.15) is 17.7 Å². The molecule has 1 saturated carbocycles. The fourth-order valence-electron chi connectivity index (χ4n) is 2.59. The Hall–Kier alpha value is -1.93. The number of halogens is 2. The Balaban J connectivity index is 1.91. The van der Waals surface area contributed by atoms with E-state index in [1.165, 1.54) is 6.07 Å². The molecule has 1 N–H and O–H groups in total. The second kappa shape index (κ2) is 6.05. The largest absolute Gasteiger partial charge is 0.363 e. The Bertz CT molecular complexity index is 730. The lowest BCUT2D eigenvalue weighted by Crippen LogP contribution is -2.15. The predicted octanol–water partition coefficient (Wildman–Crippen LogP) is 4.73. The molecule has 1 aliphatic carbocycles. The van der Waals surface area contributed by atoms with Crippen LogP contribution in [-0.2, 0) is 0 Å². The van der Waals surface area contributed by atoms with Crippen LogP contribution in [0.3, 0.4) is 0 Å². The minimum absolute atomic E-state index is 0.0335. The highest BCUT2D eigenvalue weighted by atomic mass is 79.9. The van der Waals surface area contributed by atoms with Crippen molar-refractivity contribution in [1.29, 1.82) is 5.26 Å². The molecule has 0 aliphatic heterocycles. The van der Waals surface area contributed by atoms with Crippen molar-refractivity contribution < 1.29 is 4.39 Å². The van der Waals surface area contributed by atoms with E-state index in [0.29, 0.717) is 11.5 Å². The van der Waals surface area contributed by atoms with Crippen LogP contribution in [0, 0.1) is 30.0 Å². The van der Waals surface area contributed by atoms with Gasteiger partial charge in [0.25, 0.3) is 0 Å². The van der Waals surface area contributed by atoms with Crippen LogP contribution >= 0.6 is 15.9 Å². The molecule has 0 saturated heterocycles. The molecule has 1 heterocycles. The Morgan fingerprint density at radius 3 is 2.73 bits per heavy atom. The normalized spacial score (nSPS) is 15.2. The highest BCUT2D eigenvalue weighted by Gasteiger charge is 2.33. The predicted molar refractivity (Wildman–Crippen MR) is 86.9 cm³/mol. The van der Waals surface area contributed by atoms with Crippen LogP contribution < -0.4 is 5.32 Å². The molecule has 1 aromatic carbocycles. The van der Waals surface area contributed by atoms with Crippen molar-refractivity contribution in [2.45, 2.75) is 25.8 Å². The quantitative estimate of drug-likeness (QED) is 0.858. The monoisotopic (exact) mass is 359 g/mol. The number of hydrogen-bond donors (Lipinski definition) is 1. The van der Waals surface area contributed by atoms with Gasteiger partial charge >= 0.3 is 0 Å². The van der Waals surface area contributed by atoms with Gasteiger partial charge in [-0.3, -0.25) is 0 Å². The molecule has 112 valence electrons. The van der Waals surface area contributed by atoms with Gasteiger partial charge in [-0.2, -0.15) is 5.26 Å². The summed E-state index contributed by atoms with van der Waals surface area (Å²) in [7, 11) is 0. The van der Waals surface area contributed by atoms with Crippen LogP contribution in [0.1, 0.15) is 35.6 Å². The minimum atomic E-state index is -0.249. The highest BCUT2D eigenvalue weighted by Crippen LogP contribution is 2.43. The van der Waals surface area contributed by atoms with Crippen molar-refractivity contribution in [3.05, 3.63) is 57.4 Å². The molecule has 0 spiro atoms. The topological polar surface area (TPSA) is 48.7 Å². The standard InChI is InChI=1S/C17H15BrFN3/c1-10-4-11(8-20)9-21-17(10)22-16(12-2-3-12)13-5-14(18)7-15(19)6-13/h4-7,9,12,16H,2-3H2,1H3,(H,21,22). The summed E-state index contributed by atoms with van der Waals surface area (Å²) in [4.78, 5) is 4.33. The highest BCUT2D eigenvalue weighted by molar-refractivity contribution is 9.10. The molecule has 0 amide bonds. The van der Waals surface area contributed by atoms with E-state index >= 15 is 0 Å². The van der Waals surface area contributed by atoms with Crippen LogP contribution in [0.25, 0.3) is 0 Å². The van der Waals surface area contributed by atoms with Crippen LogP contribution in [0.5, 0.6) is 0 Å². The first-order chi connectivity index (χ1) is 10.6. The van der Waals surface area contributed by atoms with Gasteiger partial charge in [-0.1, -0.05) is 15.9 Å². The molecule has 1 aromatic heterocycles. The third kappa shape index (κ3) is 3.28. The Morgan fingerprint density at radius 1 is 1.36 bits per heavy atom. The minimum Gasteiger partial charge on any atom is -0.363 e. The number of anilines is 1. The fourth-order valence-corrected chi connectivity index (χ4v) is 3.07. The molecule has 1 unspecified atom stereocenters. The maximum absolute atomic E-state index is 13.7. The molecule has 3 nitrogen and oxygen atoms in total. The van der Waals surface area contributed by atoms with Crippen molar-refractivity contribution in [2.75, 3.05) is 5.32 Å². The number of aromatic nitrogens is 1. The molecule has 1 fully saturated rings. The summed E-state index contributed by atoms with van der Waals surface area (Å²) in [5.41, 5.74) is 2.37.